The van der Waals surface area contributed by atoms with E-state index in [0.717, 1.165) is 15.7 Å². The van der Waals surface area contributed by atoms with E-state index >= 15 is 0 Å². The van der Waals surface area contributed by atoms with Crippen LogP contribution in [0.1, 0.15) is 18.1 Å². The molecule has 1 atom stereocenters. The predicted molar refractivity (Wildman–Crippen MR) is 109 cm³/mol. The normalized spacial score (nSPS) is 11.8. The molecule has 0 aliphatic rings. The van der Waals surface area contributed by atoms with Crippen LogP contribution in [0, 0.1) is 13.8 Å². The number of nitrogens with one attached hydrogen (secondary N) is 2. The third-order valence-electron chi connectivity index (χ3n) is 3.85. The number of carbonyl (C=O) groups excluding carboxylic acids is 1. The Balaban J connectivity index is 1.58. The molecule has 2 aromatic carbocycles. The Morgan fingerprint density at radius 2 is 1.81 bits per heavy atom. The zero-order valence-corrected chi connectivity index (χ0v) is 16.4. The molecule has 134 valence electrons. The Morgan fingerprint density at radius 1 is 1.04 bits per heavy atom. The standard InChI is InChI=1S/C19H20N4OS2/c1-12-9-10-16(11-13(12)2)21-18-22-23-19(26-18)25-14(3)17(24)20-15-7-5-4-6-8-15/h4-11,14H,1-3H3,(H,20,24)(H,21,22)/t14-/m0/s1. The lowest BCUT2D eigenvalue weighted by atomic mass is 10.1. The summed E-state index contributed by atoms with van der Waals surface area (Å²) < 4.78 is 0.757. The first kappa shape index (κ1) is 18.4. The largest absolute Gasteiger partial charge is 0.330 e. The maximum Gasteiger partial charge on any atom is 0.237 e. The first-order valence-electron chi connectivity index (χ1n) is 8.21. The molecule has 3 rings (SSSR count). The number of aryl methyl sites for hydroxylation is 2. The molecule has 3 aromatic rings. The molecule has 1 heterocycles. The van der Waals surface area contributed by atoms with Crippen molar-refractivity contribution in [3.63, 3.8) is 0 Å². The van der Waals surface area contributed by atoms with E-state index < -0.39 is 0 Å². The molecule has 0 saturated carbocycles. The number of rotatable bonds is 6. The van der Waals surface area contributed by atoms with E-state index in [1.807, 2.05) is 43.3 Å². The number of amides is 1. The molecule has 0 saturated heterocycles. The lowest BCUT2D eigenvalue weighted by molar-refractivity contribution is -0.115. The van der Waals surface area contributed by atoms with Crippen molar-refractivity contribution >= 4 is 45.5 Å². The molecule has 26 heavy (non-hydrogen) atoms. The number of nitrogens with zero attached hydrogens (tertiary/aromatic N) is 2. The van der Waals surface area contributed by atoms with Crippen LogP contribution in [0.2, 0.25) is 0 Å². The average Bonchev–Trinajstić information content (AvgIpc) is 3.06. The van der Waals surface area contributed by atoms with Crippen molar-refractivity contribution < 1.29 is 4.79 Å². The Bertz CT molecular complexity index is 896. The fourth-order valence-corrected chi connectivity index (χ4v) is 4.14. The van der Waals surface area contributed by atoms with Crippen molar-refractivity contribution in [2.75, 3.05) is 10.6 Å². The van der Waals surface area contributed by atoms with Crippen LogP contribution in [-0.4, -0.2) is 21.4 Å². The molecule has 7 heteroatoms. The topological polar surface area (TPSA) is 66.9 Å². The molecule has 1 aromatic heterocycles. The second-order valence-electron chi connectivity index (χ2n) is 5.91. The second-order valence-corrected chi connectivity index (χ2v) is 8.48. The van der Waals surface area contributed by atoms with Crippen LogP contribution in [0.3, 0.4) is 0 Å². The van der Waals surface area contributed by atoms with Gasteiger partial charge in [0, 0.05) is 11.4 Å². The van der Waals surface area contributed by atoms with Gasteiger partial charge in [-0.15, -0.1) is 10.2 Å². The first-order valence-corrected chi connectivity index (χ1v) is 9.91. The number of anilines is 3. The summed E-state index contributed by atoms with van der Waals surface area (Å²) in [4.78, 5) is 12.3. The third-order valence-corrected chi connectivity index (χ3v) is 5.88. The van der Waals surface area contributed by atoms with Gasteiger partial charge in [-0.05, 0) is 56.2 Å². The molecule has 0 aliphatic carbocycles. The zero-order valence-electron chi connectivity index (χ0n) is 14.8. The van der Waals surface area contributed by atoms with Crippen LogP contribution in [0.4, 0.5) is 16.5 Å². The summed E-state index contributed by atoms with van der Waals surface area (Å²) in [6.07, 6.45) is 0. The van der Waals surface area contributed by atoms with E-state index in [-0.39, 0.29) is 11.2 Å². The summed E-state index contributed by atoms with van der Waals surface area (Å²) in [5, 5.41) is 15.0. The number of benzene rings is 2. The number of hydrogen-bond acceptors (Lipinski definition) is 6. The van der Waals surface area contributed by atoms with Crippen LogP contribution in [-0.2, 0) is 4.79 Å². The fraction of sp³-hybridized carbons (Fsp3) is 0.211. The van der Waals surface area contributed by atoms with E-state index in [1.165, 1.54) is 34.2 Å². The smallest absolute Gasteiger partial charge is 0.237 e. The van der Waals surface area contributed by atoms with Crippen molar-refractivity contribution in [2.45, 2.75) is 30.4 Å². The molecule has 0 radical (unpaired) electrons. The average molecular weight is 385 g/mol. The molecule has 0 aliphatic heterocycles. The Kier molecular flexibility index (Phi) is 5.90. The number of thioether (sulfide) groups is 1. The second kappa shape index (κ2) is 8.33. The highest BCUT2D eigenvalue weighted by Gasteiger charge is 2.17. The molecule has 5 nitrogen and oxygen atoms in total. The van der Waals surface area contributed by atoms with Crippen molar-refractivity contribution in [3.05, 3.63) is 59.7 Å². The maximum atomic E-state index is 12.3. The first-order chi connectivity index (χ1) is 12.5. The highest BCUT2D eigenvalue weighted by molar-refractivity contribution is 8.02. The number of aromatic nitrogens is 2. The molecular weight excluding hydrogens is 364 g/mol. The Labute approximate surface area is 161 Å². The van der Waals surface area contributed by atoms with Crippen LogP contribution in [0.25, 0.3) is 0 Å². The van der Waals surface area contributed by atoms with Gasteiger partial charge in [0.05, 0.1) is 5.25 Å². The van der Waals surface area contributed by atoms with E-state index in [1.54, 1.807) is 0 Å². The maximum absolute atomic E-state index is 12.3. The highest BCUT2D eigenvalue weighted by Crippen LogP contribution is 2.31. The highest BCUT2D eigenvalue weighted by atomic mass is 32.2. The van der Waals surface area contributed by atoms with E-state index in [4.69, 9.17) is 0 Å². The van der Waals surface area contributed by atoms with Crippen molar-refractivity contribution in [1.29, 1.82) is 0 Å². The van der Waals surface area contributed by atoms with Crippen molar-refractivity contribution in [3.8, 4) is 0 Å². The van der Waals surface area contributed by atoms with Crippen molar-refractivity contribution in [2.24, 2.45) is 0 Å². The summed E-state index contributed by atoms with van der Waals surface area (Å²) in [6, 6.07) is 15.6. The van der Waals surface area contributed by atoms with Gasteiger partial charge in [0.2, 0.25) is 11.0 Å². The number of hydrogen-bond donors (Lipinski definition) is 2. The summed E-state index contributed by atoms with van der Waals surface area (Å²) in [5.41, 5.74) is 4.25. The molecular formula is C19H20N4OS2. The Morgan fingerprint density at radius 3 is 2.54 bits per heavy atom. The van der Waals surface area contributed by atoms with Gasteiger partial charge < -0.3 is 10.6 Å². The molecule has 1 amide bonds. The van der Waals surface area contributed by atoms with E-state index in [2.05, 4.69) is 46.8 Å². The van der Waals surface area contributed by atoms with E-state index in [9.17, 15) is 4.79 Å². The lowest BCUT2D eigenvalue weighted by Crippen LogP contribution is -2.22. The van der Waals surface area contributed by atoms with Gasteiger partial charge >= 0.3 is 0 Å². The number of para-hydroxylation sites is 1. The third kappa shape index (κ3) is 4.83. The SMILES string of the molecule is Cc1ccc(Nc2nnc(S[C@@H](C)C(=O)Nc3ccccc3)s2)cc1C. The minimum absolute atomic E-state index is 0.0555. The molecule has 2 N–H and O–H groups in total. The molecule has 0 fully saturated rings. The predicted octanol–water partition coefficient (Wildman–Crippen LogP) is 5.02. The summed E-state index contributed by atoms with van der Waals surface area (Å²) in [6.45, 7) is 6.02. The molecule has 0 bridgehead atoms. The van der Waals surface area contributed by atoms with Gasteiger partial charge in [-0.3, -0.25) is 4.79 Å². The summed E-state index contributed by atoms with van der Waals surface area (Å²) in [5.74, 6) is -0.0555. The van der Waals surface area contributed by atoms with Crippen LogP contribution < -0.4 is 10.6 Å². The summed E-state index contributed by atoms with van der Waals surface area (Å²) >= 11 is 2.84. The van der Waals surface area contributed by atoms with Gasteiger partial charge in [0.1, 0.15) is 0 Å². The number of carbonyl (C=O) groups is 1. The van der Waals surface area contributed by atoms with Crippen LogP contribution >= 0.6 is 23.1 Å². The van der Waals surface area contributed by atoms with Gasteiger partial charge in [-0.2, -0.15) is 0 Å². The van der Waals surface area contributed by atoms with Gasteiger partial charge in [-0.1, -0.05) is 47.4 Å². The lowest BCUT2D eigenvalue weighted by Gasteiger charge is -2.09. The monoisotopic (exact) mass is 384 g/mol. The minimum Gasteiger partial charge on any atom is -0.330 e. The zero-order chi connectivity index (χ0) is 18.5. The quantitative estimate of drug-likeness (QED) is 0.584. The fourth-order valence-electron chi connectivity index (χ4n) is 2.22. The Hall–Kier alpha value is -2.38. The van der Waals surface area contributed by atoms with Crippen LogP contribution in [0.15, 0.2) is 52.9 Å². The molecule has 0 unspecified atom stereocenters. The molecule has 0 spiro atoms. The summed E-state index contributed by atoms with van der Waals surface area (Å²) in [7, 11) is 0. The van der Waals surface area contributed by atoms with Gasteiger partial charge in [0.25, 0.3) is 0 Å². The van der Waals surface area contributed by atoms with Crippen LogP contribution in [0.5, 0.6) is 0 Å². The van der Waals surface area contributed by atoms with Crippen molar-refractivity contribution in [1.82, 2.24) is 10.2 Å². The van der Waals surface area contributed by atoms with E-state index in [0.29, 0.717) is 5.13 Å². The minimum atomic E-state index is -0.266. The van der Waals surface area contributed by atoms with Gasteiger partial charge in [-0.25, -0.2) is 0 Å². The van der Waals surface area contributed by atoms with Gasteiger partial charge in [0.15, 0.2) is 4.34 Å².